The van der Waals surface area contributed by atoms with Gasteiger partial charge in [-0.15, -0.1) is 0 Å². The number of hydrogen-bond acceptors (Lipinski definition) is 5. The minimum absolute atomic E-state index is 0.128. The smallest absolute Gasteiger partial charge is 0.216 e. The molecular formula is C12H17N5O. The van der Waals surface area contributed by atoms with E-state index in [9.17, 15) is 0 Å². The van der Waals surface area contributed by atoms with Crippen LogP contribution in [0, 0.1) is 0 Å². The largest absolute Gasteiger partial charge is 0.481 e. The molecule has 0 aliphatic rings. The summed E-state index contributed by atoms with van der Waals surface area (Å²) >= 11 is 0. The van der Waals surface area contributed by atoms with Crippen LogP contribution in [0.1, 0.15) is 23.9 Å². The van der Waals surface area contributed by atoms with E-state index in [1.165, 1.54) is 6.33 Å². The summed E-state index contributed by atoms with van der Waals surface area (Å²) in [6.45, 7) is 0. The van der Waals surface area contributed by atoms with Crippen molar-refractivity contribution in [2.75, 3.05) is 7.11 Å². The van der Waals surface area contributed by atoms with Gasteiger partial charge in [-0.3, -0.25) is 4.68 Å². The Morgan fingerprint density at radius 3 is 2.94 bits per heavy atom. The van der Waals surface area contributed by atoms with Gasteiger partial charge < -0.3 is 10.5 Å². The van der Waals surface area contributed by atoms with Crippen LogP contribution in [0.2, 0.25) is 0 Å². The number of nitrogens with zero attached hydrogens (tertiary/aromatic N) is 4. The topological polar surface area (TPSA) is 78.9 Å². The fourth-order valence-corrected chi connectivity index (χ4v) is 1.77. The first-order valence-electron chi connectivity index (χ1n) is 5.79. The first-order valence-corrected chi connectivity index (χ1v) is 5.79. The summed E-state index contributed by atoms with van der Waals surface area (Å²) in [6.07, 6.45) is 4.93. The van der Waals surface area contributed by atoms with E-state index in [1.807, 2.05) is 17.8 Å². The van der Waals surface area contributed by atoms with Crippen LogP contribution in [0.3, 0.4) is 0 Å². The van der Waals surface area contributed by atoms with Crippen LogP contribution in [-0.2, 0) is 13.5 Å². The quantitative estimate of drug-likeness (QED) is 0.847. The van der Waals surface area contributed by atoms with Crippen molar-refractivity contribution in [3.05, 3.63) is 36.0 Å². The van der Waals surface area contributed by atoms with Gasteiger partial charge in [-0.05, 0) is 18.9 Å². The van der Waals surface area contributed by atoms with Crippen LogP contribution in [0.25, 0.3) is 0 Å². The van der Waals surface area contributed by atoms with Gasteiger partial charge in [0, 0.05) is 31.0 Å². The first-order chi connectivity index (χ1) is 8.70. The van der Waals surface area contributed by atoms with Gasteiger partial charge in [0.25, 0.3) is 0 Å². The van der Waals surface area contributed by atoms with E-state index in [0.717, 1.165) is 24.2 Å². The Labute approximate surface area is 106 Å². The first kappa shape index (κ1) is 12.5. The maximum absolute atomic E-state index is 6.11. The van der Waals surface area contributed by atoms with E-state index in [-0.39, 0.29) is 6.04 Å². The van der Waals surface area contributed by atoms with Crippen molar-refractivity contribution in [3.8, 4) is 5.88 Å². The average molecular weight is 247 g/mol. The molecule has 18 heavy (non-hydrogen) atoms. The second-order valence-corrected chi connectivity index (χ2v) is 4.08. The maximum atomic E-state index is 6.11. The SMILES string of the molecule is COc1cc(C(N)CCc2ccnn2C)ncn1. The molecule has 0 spiro atoms. The van der Waals surface area contributed by atoms with Crippen LogP contribution in [0.4, 0.5) is 0 Å². The van der Waals surface area contributed by atoms with Gasteiger partial charge in [-0.2, -0.15) is 5.10 Å². The maximum Gasteiger partial charge on any atom is 0.216 e. The fourth-order valence-electron chi connectivity index (χ4n) is 1.77. The van der Waals surface area contributed by atoms with Gasteiger partial charge in [0.2, 0.25) is 5.88 Å². The third-order valence-corrected chi connectivity index (χ3v) is 2.89. The molecule has 2 N–H and O–H groups in total. The third-order valence-electron chi connectivity index (χ3n) is 2.89. The number of aromatic nitrogens is 4. The zero-order valence-electron chi connectivity index (χ0n) is 10.6. The molecule has 0 radical (unpaired) electrons. The Morgan fingerprint density at radius 2 is 2.28 bits per heavy atom. The molecule has 0 saturated carbocycles. The molecule has 2 rings (SSSR count). The fraction of sp³-hybridized carbons (Fsp3) is 0.417. The van der Waals surface area contributed by atoms with Crippen molar-refractivity contribution >= 4 is 0 Å². The minimum atomic E-state index is -0.128. The van der Waals surface area contributed by atoms with E-state index in [1.54, 1.807) is 19.4 Å². The Balaban J connectivity index is 1.99. The molecule has 6 heteroatoms. The van der Waals surface area contributed by atoms with Crippen molar-refractivity contribution in [2.45, 2.75) is 18.9 Å². The van der Waals surface area contributed by atoms with E-state index in [4.69, 9.17) is 10.5 Å². The highest BCUT2D eigenvalue weighted by Gasteiger charge is 2.10. The second-order valence-electron chi connectivity index (χ2n) is 4.08. The lowest BCUT2D eigenvalue weighted by molar-refractivity contribution is 0.395. The van der Waals surface area contributed by atoms with Crippen molar-refractivity contribution in [1.82, 2.24) is 19.7 Å². The molecule has 0 saturated heterocycles. The number of methoxy groups -OCH3 is 1. The summed E-state index contributed by atoms with van der Waals surface area (Å²) in [5.41, 5.74) is 8.06. The number of aryl methyl sites for hydroxylation is 2. The molecule has 0 aliphatic heterocycles. The van der Waals surface area contributed by atoms with Gasteiger partial charge in [-0.25, -0.2) is 9.97 Å². The van der Waals surface area contributed by atoms with Crippen LogP contribution in [0.15, 0.2) is 24.7 Å². The van der Waals surface area contributed by atoms with E-state index in [0.29, 0.717) is 5.88 Å². The molecule has 1 atom stereocenters. The van der Waals surface area contributed by atoms with Crippen LogP contribution >= 0.6 is 0 Å². The standard InChI is InChI=1S/C12H17N5O/c1-17-9(5-6-16-17)3-4-10(13)11-7-12(18-2)15-8-14-11/h5-8,10H,3-4,13H2,1-2H3. The molecule has 1 unspecified atom stereocenters. The molecule has 2 heterocycles. The number of hydrogen-bond donors (Lipinski definition) is 1. The zero-order chi connectivity index (χ0) is 13.0. The molecule has 6 nitrogen and oxygen atoms in total. The Bertz CT molecular complexity index is 511. The lowest BCUT2D eigenvalue weighted by Crippen LogP contribution is -2.14. The van der Waals surface area contributed by atoms with Crippen molar-refractivity contribution in [3.63, 3.8) is 0 Å². The molecule has 0 fully saturated rings. The van der Waals surface area contributed by atoms with E-state index in [2.05, 4.69) is 15.1 Å². The number of ether oxygens (including phenoxy) is 1. The normalized spacial score (nSPS) is 12.4. The molecule has 2 aromatic heterocycles. The van der Waals surface area contributed by atoms with E-state index >= 15 is 0 Å². The summed E-state index contributed by atoms with van der Waals surface area (Å²) in [5.74, 6) is 0.538. The Kier molecular flexibility index (Phi) is 3.88. The van der Waals surface area contributed by atoms with Crippen molar-refractivity contribution < 1.29 is 4.74 Å². The van der Waals surface area contributed by atoms with Crippen LogP contribution < -0.4 is 10.5 Å². The summed E-state index contributed by atoms with van der Waals surface area (Å²) in [5, 5.41) is 4.12. The molecular weight excluding hydrogens is 230 g/mol. The lowest BCUT2D eigenvalue weighted by atomic mass is 10.1. The molecule has 0 aliphatic carbocycles. The summed E-state index contributed by atoms with van der Waals surface area (Å²) in [6, 6.07) is 3.64. The second kappa shape index (κ2) is 5.59. The number of nitrogens with two attached hydrogens (primary N) is 1. The Morgan fingerprint density at radius 1 is 1.44 bits per heavy atom. The van der Waals surface area contributed by atoms with Gasteiger partial charge in [0.05, 0.1) is 12.8 Å². The number of rotatable bonds is 5. The minimum Gasteiger partial charge on any atom is -0.481 e. The summed E-state index contributed by atoms with van der Waals surface area (Å²) in [7, 11) is 3.50. The van der Waals surface area contributed by atoms with Crippen LogP contribution in [-0.4, -0.2) is 26.9 Å². The van der Waals surface area contributed by atoms with Crippen LogP contribution in [0.5, 0.6) is 5.88 Å². The van der Waals surface area contributed by atoms with Crippen molar-refractivity contribution in [1.29, 1.82) is 0 Å². The van der Waals surface area contributed by atoms with Gasteiger partial charge >= 0.3 is 0 Å². The average Bonchev–Trinajstić information content (AvgIpc) is 2.81. The Hall–Kier alpha value is -1.95. The monoisotopic (exact) mass is 247 g/mol. The third kappa shape index (κ3) is 2.84. The summed E-state index contributed by atoms with van der Waals surface area (Å²) < 4.78 is 6.91. The highest BCUT2D eigenvalue weighted by molar-refractivity contribution is 5.16. The lowest BCUT2D eigenvalue weighted by Gasteiger charge is -2.11. The molecule has 0 bridgehead atoms. The predicted molar refractivity (Wildman–Crippen MR) is 67.0 cm³/mol. The van der Waals surface area contributed by atoms with E-state index < -0.39 is 0 Å². The molecule has 0 aromatic carbocycles. The van der Waals surface area contributed by atoms with Gasteiger partial charge in [0.1, 0.15) is 6.33 Å². The molecule has 96 valence electrons. The predicted octanol–water partition coefficient (Wildman–Crippen LogP) is 0.851. The zero-order valence-corrected chi connectivity index (χ0v) is 10.6. The highest BCUT2D eigenvalue weighted by atomic mass is 16.5. The van der Waals surface area contributed by atoms with Crippen molar-refractivity contribution in [2.24, 2.45) is 12.8 Å². The van der Waals surface area contributed by atoms with Gasteiger partial charge in [-0.1, -0.05) is 0 Å². The summed E-state index contributed by atoms with van der Waals surface area (Å²) in [4.78, 5) is 8.13. The highest BCUT2D eigenvalue weighted by Crippen LogP contribution is 2.17. The molecule has 0 amide bonds. The van der Waals surface area contributed by atoms with Gasteiger partial charge in [0.15, 0.2) is 0 Å². The molecule has 2 aromatic rings.